The molecule has 174 valence electrons. The van der Waals surface area contributed by atoms with Crippen molar-refractivity contribution in [1.82, 2.24) is 0 Å². The summed E-state index contributed by atoms with van der Waals surface area (Å²) in [4.78, 5) is 24.7. The highest BCUT2D eigenvalue weighted by atomic mass is 35.5. The summed E-state index contributed by atoms with van der Waals surface area (Å²) < 4.78 is 37.4. The van der Waals surface area contributed by atoms with Crippen LogP contribution in [0.4, 0.5) is 14.7 Å². The van der Waals surface area contributed by atoms with Crippen LogP contribution in [0.15, 0.2) is 77.2 Å². The molecule has 0 fully saturated rings. The molecular weight excluding hydrogens is 478 g/mol. The highest BCUT2D eigenvalue weighted by Gasteiger charge is 2.25. The van der Waals surface area contributed by atoms with Crippen molar-refractivity contribution in [3.05, 3.63) is 101 Å². The number of halogens is 3. The third kappa shape index (κ3) is 5.05. The Bertz CT molecular complexity index is 1450. The van der Waals surface area contributed by atoms with E-state index in [-0.39, 0.29) is 16.5 Å². The van der Waals surface area contributed by atoms with E-state index in [9.17, 15) is 23.6 Å². The van der Waals surface area contributed by atoms with Gasteiger partial charge in [0.1, 0.15) is 17.4 Å². The zero-order valence-corrected chi connectivity index (χ0v) is 18.6. The molecule has 4 aromatic rings. The van der Waals surface area contributed by atoms with Crippen LogP contribution >= 0.6 is 11.6 Å². The number of amides is 1. The fourth-order valence-electron chi connectivity index (χ4n) is 3.35. The first-order chi connectivity index (χ1) is 16.9. The second kappa shape index (κ2) is 10.2. The van der Waals surface area contributed by atoms with Gasteiger partial charge in [-0.05, 0) is 17.7 Å². The lowest BCUT2D eigenvalue weighted by Crippen LogP contribution is -2.21. The van der Waals surface area contributed by atoms with Crippen molar-refractivity contribution >= 4 is 29.4 Å². The minimum Gasteiger partial charge on any atom is -0.452 e. The molecule has 0 radical (unpaired) electrons. The number of nitrogens with one attached hydrogen (secondary N) is 1. The molecule has 4 rings (SSSR count). The maximum atomic E-state index is 13.4. The molecule has 35 heavy (non-hydrogen) atoms. The molecule has 1 aromatic heterocycles. The number of hydrogen-bond acceptors (Lipinski definition) is 5. The van der Waals surface area contributed by atoms with Gasteiger partial charge in [-0.3, -0.25) is 10.1 Å². The fraction of sp³-hybridized carbons (Fsp3) is 0.0385. The van der Waals surface area contributed by atoms with Crippen LogP contribution in [-0.4, -0.2) is 18.5 Å². The van der Waals surface area contributed by atoms with Crippen molar-refractivity contribution in [2.75, 3.05) is 11.9 Å². The maximum absolute atomic E-state index is 13.4. The minimum absolute atomic E-state index is 0.0818. The van der Waals surface area contributed by atoms with Crippen molar-refractivity contribution in [3.8, 4) is 28.5 Å². The molecule has 1 amide bonds. The van der Waals surface area contributed by atoms with Crippen molar-refractivity contribution in [1.29, 1.82) is 5.26 Å². The van der Waals surface area contributed by atoms with Crippen LogP contribution < -0.4 is 5.32 Å². The van der Waals surface area contributed by atoms with E-state index in [0.717, 1.165) is 0 Å². The minimum atomic E-state index is -1.29. The molecule has 0 spiro atoms. The standard InChI is InChI=1S/C26H15ClF2N2O4/c27-19-12-21(29)20(28)11-17(19)26(33)34-14-22(32)31-25-18(13-30)23(15-7-3-1-4-8-15)24(35-25)16-9-5-2-6-10-16/h1-12H,14H2,(H,31,32). The number of anilines is 1. The smallest absolute Gasteiger partial charge is 0.340 e. The monoisotopic (exact) mass is 492 g/mol. The first kappa shape index (κ1) is 23.7. The van der Waals surface area contributed by atoms with E-state index >= 15 is 0 Å². The summed E-state index contributed by atoms with van der Waals surface area (Å²) in [5.74, 6) is -4.22. The van der Waals surface area contributed by atoms with E-state index in [1.165, 1.54) is 0 Å². The first-order valence-electron chi connectivity index (χ1n) is 10.2. The SMILES string of the molecule is N#Cc1c(NC(=O)COC(=O)c2cc(F)c(F)cc2Cl)oc(-c2ccccc2)c1-c1ccccc1. The zero-order chi connectivity index (χ0) is 24.9. The van der Waals surface area contributed by atoms with Crippen LogP contribution in [0.1, 0.15) is 15.9 Å². The normalized spacial score (nSPS) is 10.5. The van der Waals surface area contributed by atoms with Gasteiger partial charge < -0.3 is 9.15 Å². The van der Waals surface area contributed by atoms with E-state index in [1.807, 2.05) is 12.1 Å². The molecule has 0 unspecified atom stereocenters. The Kier molecular flexibility index (Phi) is 6.90. The van der Waals surface area contributed by atoms with Gasteiger partial charge in [0, 0.05) is 11.1 Å². The van der Waals surface area contributed by atoms with Crippen LogP contribution in [0.25, 0.3) is 22.5 Å². The quantitative estimate of drug-likeness (QED) is 0.255. The summed E-state index contributed by atoms with van der Waals surface area (Å²) in [6.45, 7) is -0.791. The van der Waals surface area contributed by atoms with Gasteiger partial charge in [0.05, 0.1) is 10.6 Å². The summed E-state index contributed by atoms with van der Waals surface area (Å²) in [6.07, 6.45) is 0. The van der Waals surface area contributed by atoms with Crippen LogP contribution in [-0.2, 0) is 9.53 Å². The van der Waals surface area contributed by atoms with Gasteiger partial charge in [-0.25, -0.2) is 13.6 Å². The number of ether oxygens (including phenoxy) is 1. The highest BCUT2D eigenvalue weighted by Crippen LogP contribution is 2.41. The summed E-state index contributed by atoms with van der Waals surface area (Å²) >= 11 is 5.76. The van der Waals surface area contributed by atoms with E-state index in [2.05, 4.69) is 11.4 Å². The number of esters is 1. The van der Waals surface area contributed by atoms with Gasteiger partial charge in [-0.2, -0.15) is 5.26 Å². The van der Waals surface area contributed by atoms with Gasteiger partial charge in [0.15, 0.2) is 18.2 Å². The molecular formula is C26H15ClF2N2O4. The lowest BCUT2D eigenvalue weighted by Gasteiger charge is -2.07. The molecule has 0 aliphatic heterocycles. The molecule has 9 heteroatoms. The van der Waals surface area contributed by atoms with Crippen LogP contribution in [0.3, 0.4) is 0 Å². The Morgan fingerprint density at radius 3 is 2.20 bits per heavy atom. The average molecular weight is 493 g/mol. The number of nitriles is 1. The molecule has 0 aliphatic carbocycles. The summed E-state index contributed by atoms with van der Waals surface area (Å²) in [5.41, 5.74) is 1.51. The molecule has 0 saturated carbocycles. The van der Waals surface area contributed by atoms with Crippen molar-refractivity contribution in [2.45, 2.75) is 0 Å². The molecule has 1 heterocycles. The van der Waals surface area contributed by atoms with Crippen LogP contribution in [0, 0.1) is 23.0 Å². The summed E-state index contributed by atoms with van der Waals surface area (Å²) in [5, 5.41) is 11.9. The predicted octanol–water partition coefficient (Wildman–Crippen LogP) is 6.21. The molecule has 3 aromatic carbocycles. The average Bonchev–Trinajstić information content (AvgIpc) is 3.23. The molecule has 0 atom stereocenters. The van der Waals surface area contributed by atoms with E-state index < -0.39 is 35.7 Å². The Morgan fingerprint density at radius 2 is 1.57 bits per heavy atom. The van der Waals surface area contributed by atoms with Crippen LogP contribution in [0.2, 0.25) is 5.02 Å². The maximum Gasteiger partial charge on any atom is 0.340 e. The molecule has 0 saturated heterocycles. The molecule has 6 nitrogen and oxygen atoms in total. The number of benzene rings is 3. The Labute approximate surface area is 203 Å². The third-order valence-electron chi connectivity index (χ3n) is 4.94. The van der Waals surface area contributed by atoms with Gasteiger partial charge in [-0.15, -0.1) is 0 Å². The van der Waals surface area contributed by atoms with E-state index in [0.29, 0.717) is 34.6 Å². The van der Waals surface area contributed by atoms with Crippen LogP contribution in [0.5, 0.6) is 0 Å². The first-order valence-corrected chi connectivity index (χ1v) is 10.6. The third-order valence-corrected chi connectivity index (χ3v) is 5.25. The van der Waals surface area contributed by atoms with Gasteiger partial charge >= 0.3 is 5.97 Å². The van der Waals surface area contributed by atoms with Crippen molar-refractivity contribution in [3.63, 3.8) is 0 Å². The topological polar surface area (TPSA) is 92.3 Å². The van der Waals surface area contributed by atoms with Crippen molar-refractivity contribution in [2.24, 2.45) is 0 Å². The van der Waals surface area contributed by atoms with E-state index in [4.69, 9.17) is 20.8 Å². The fourth-order valence-corrected chi connectivity index (χ4v) is 3.58. The zero-order valence-electron chi connectivity index (χ0n) is 17.8. The van der Waals surface area contributed by atoms with Gasteiger partial charge in [0.2, 0.25) is 5.88 Å². The Balaban J connectivity index is 1.59. The lowest BCUT2D eigenvalue weighted by atomic mass is 9.98. The number of furan rings is 1. The second-order valence-corrected chi connectivity index (χ2v) is 7.63. The number of carbonyl (C=O) groups excluding carboxylic acids is 2. The van der Waals surface area contributed by atoms with Gasteiger partial charge in [0.25, 0.3) is 5.91 Å². The molecule has 0 bridgehead atoms. The second-order valence-electron chi connectivity index (χ2n) is 7.22. The van der Waals surface area contributed by atoms with Crippen molar-refractivity contribution < 1.29 is 27.5 Å². The highest BCUT2D eigenvalue weighted by molar-refractivity contribution is 6.33. The molecule has 0 aliphatic rings. The number of carbonyl (C=O) groups is 2. The predicted molar refractivity (Wildman–Crippen MR) is 125 cm³/mol. The largest absolute Gasteiger partial charge is 0.452 e. The Hall–Kier alpha value is -4.48. The Morgan fingerprint density at radius 1 is 0.971 bits per heavy atom. The van der Waals surface area contributed by atoms with E-state index in [1.54, 1.807) is 48.5 Å². The lowest BCUT2D eigenvalue weighted by molar-refractivity contribution is -0.119. The number of rotatable bonds is 6. The summed E-state index contributed by atoms with van der Waals surface area (Å²) in [7, 11) is 0. The number of nitrogens with zero attached hydrogens (tertiary/aromatic N) is 1. The summed E-state index contributed by atoms with van der Waals surface area (Å²) in [6, 6.07) is 21.3. The number of hydrogen-bond donors (Lipinski definition) is 1. The van der Waals surface area contributed by atoms with Gasteiger partial charge in [-0.1, -0.05) is 72.3 Å². The molecule has 1 N–H and O–H groups in total.